The molecule has 0 aromatic carbocycles. The maximum Gasteiger partial charge on any atom is 0.238 e. The molecular formula is C10H18N4O2. The van der Waals surface area contributed by atoms with E-state index in [9.17, 15) is 9.59 Å². The Labute approximate surface area is 95.6 Å². The normalized spacial score (nSPS) is 11.4. The second kappa shape index (κ2) is 7.65. The largest absolute Gasteiger partial charge is 0.354 e. The predicted octanol–water partition coefficient (Wildman–Crippen LogP) is -0.917. The minimum Gasteiger partial charge on any atom is -0.354 e. The average molecular weight is 226 g/mol. The lowest BCUT2D eigenvalue weighted by atomic mass is 10.3. The van der Waals surface area contributed by atoms with Crippen molar-refractivity contribution < 1.29 is 9.59 Å². The molecule has 0 heterocycles. The fourth-order valence-corrected chi connectivity index (χ4v) is 1.04. The summed E-state index contributed by atoms with van der Waals surface area (Å²) < 4.78 is 0. The van der Waals surface area contributed by atoms with Gasteiger partial charge in [0.05, 0.1) is 25.1 Å². The van der Waals surface area contributed by atoms with Crippen molar-refractivity contribution in [2.24, 2.45) is 0 Å². The van der Waals surface area contributed by atoms with Crippen molar-refractivity contribution >= 4 is 11.8 Å². The van der Waals surface area contributed by atoms with Crippen molar-refractivity contribution in [2.45, 2.75) is 19.4 Å². The number of carbonyl (C=O) groups is 2. The van der Waals surface area contributed by atoms with Crippen molar-refractivity contribution in [3.05, 3.63) is 0 Å². The standard InChI is InChI=1S/C10H18N4O2/c1-8(10(16)14(2)3)13-7-9(15)12-6-4-5-11/h8,13H,4,6-7H2,1-3H3,(H,12,15). The van der Waals surface area contributed by atoms with Gasteiger partial charge in [-0.25, -0.2) is 0 Å². The Bertz CT molecular complexity index is 283. The van der Waals surface area contributed by atoms with Gasteiger partial charge in [0.25, 0.3) is 0 Å². The molecule has 1 unspecified atom stereocenters. The molecule has 1 atom stereocenters. The fraction of sp³-hybridized carbons (Fsp3) is 0.700. The van der Waals surface area contributed by atoms with Gasteiger partial charge in [-0.2, -0.15) is 5.26 Å². The molecule has 0 bridgehead atoms. The van der Waals surface area contributed by atoms with Gasteiger partial charge in [0, 0.05) is 20.6 Å². The van der Waals surface area contributed by atoms with Gasteiger partial charge < -0.3 is 10.2 Å². The van der Waals surface area contributed by atoms with Gasteiger partial charge >= 0.3 is 0 Å². The van der Waals surface area contributed by atoms with Crippen LogP contribution in [0.3, 0.4) is 0 Å². The lowest BCUT2D eigenvalue weighted by molar-refractivity contribution is -0.130. The van der Waals surface area contributed by atoms with Crippen LogP contribution in [0.5, 0.6) is 0 Å². The summed E-state index contributed by atoms with van der Waals surface area (Å²) in [5, 5.41) is 13.6. The molecule has 2 N–H and O–H groups in total. The number of rotatable bonds is 6. The lowest BCUT2D eigenvalue weighted by Gasteiger charge is -2.17. The third kappa shape index (κ3) is 5.98. The summed E-state index contributed by atoms with van der Waals surface area (Å²) >= 11 is 0. The second-order valence-electron chi connectivity index (χ2n) is 3.59. The highest BCUT2D eigenvalue weighted by molar-refractivity contribution is 5.83. The first kappa shape index (κ1) is 14.4. The van der Waals surface area contributed by atoms with Gasteiger partial charge in [-0.1, -0.05) is 0 Å². The molecule has 2 amide bonds. The van der Waals surface area contributed by atoms with Crippen molar-refractivity contribution in [1.82, 2.24) is 15.5 Å². The first-order valence-electron chi connectivity index (χ1n) is 5.07. The summed E-state index contributed by atoms with van der Waals surface area (Å²) in [5.41, 5.74) is 0. The van der Waals surface area contributed by atoms with Crippen LogP contribution in [0.25, 0.3) is 0 Å². The minimum absolute atomic E-state index is 0.0756. The van der Waals surface area contributed by atoms with Crippen LogP contribution in [0.4, 0.5) is 0 Å². The Balaban J connectivity index is 3.75. The van der Waals surface area contributed by atoms with E-state index in [0.29, 0.717) is 6.54 Å². The Morgan fingerprint density at radius 1 is 1.44 bits per heavy atom. The van der Waals surface area contributed by atoms with Crippen molar-refractivity contribution in [3.8, 4) is 6.07 Å². The van der Waals surface area contributed by atoms with Gasteiger partial charge in [-0.3, -0.25) is 14.9 Å². The predicted molar refractivity (Wildman–Crippen MR) is 59.4 cm³/mol. The molecule has 0 saturated carbocycles. The van der Waals surface area contributed by atoms with E-state index < -0.39 is 6.04 Å². The maximum absolute atomic E-state index is 11.4. The second-order valence-corrected chi connectivity index (χ2v) is 3.59. The van der Waals surface area contributed by atoms with E-state index in [1.54, 1.807) is 21.0 Å². The third-order valence-corrected chi connectivity index (χ3v) is 1.94. The first-order chi connectivity index (χ1) is 7.49. The molecular weight excluding hydrogens is 208 g/mol. The molecule has 0 aliphatic carbocycles. The zero-order chi connectivity index (χ0) is 12.6. The quantitative estimate of drug-likeness (QED) is 0.574. The number of nitriles is 1. The number of likely N-dealkylation sites (N-methyl/N-ethyl adjacent to an activating group) is 1. The Kier molecular flexibility index (Phi) is 6.88. The van der Waals surface area contributed by atoms with E-state index >= 15 is 0 Å². The molecule has 0 saturated heterocycles. The molecule has 90 valence electrons. The van der Waals surface area contributed by atoms with E-state index in [1.807, 2.05) is 6.07 Å². The highest BCUT2D eigenvalue weighted by Gasteiger charge is 2.14. The van der Waals surface area contributed by atoms with Gasteiger partial charge in [-0.05, 0) is 6.92 Å². The van der Waals surface area contributed by atoms with Crippen molar-refractivity contribution in [3.63, 3.8) is 0 Å². The van der Waals surface area contributed by atoms with Crippen LogP contribution in [-0.4, -0.2) is 49.9 Å². The molecule has 0 spiro atoms. The van der Waals surface area contributed by atoms with Crippen molar-refractivity contribution in [1.29, 1.82) is 5.26 Å². The Morgan fingerprint density at radius 2 is 2.06 bits per heavy atom. The molecule has 16 heavy (non-hydrogen) atoms. The monoisotopic (exact) mass is 226 g/mol. The molecule has 0 aromatic rings. The van der Waals surface area contributed by atoms with Crippen LogP contribution >= 0.6 is 0 Å². The average Bonchev–Trinajstić information content (AvgIpc) is 2.25. The van der Waals surface area contributed by atoms with Crippen LogP contribution in [0.15, 0.2) is 0 Å². The summed E-state index contributed by atoms with van der Waals surface area (Å²) in [4.78, 5) is 24.1. The summed E-state index contributed by atoms with van der Waals surface area (Å²) in [7, 11) is 3.32. The molecule has 0 aromatic heterocycles. The SMILES string of the molecule is CC(NCC(=O)NCCC#N)C(=O)N(C)C. The number of hydrogen-bond acceptors (Lipinski definition) is 4. The first-order valence-corrected chi connectivity index (χ1v) is 5.07. The van der Waals surface area contributed by atoms with Gasteiger partial charge in [0.1, 0.15) is 0 Å². The number of nitrogens with zero attached hydrogens (tertiary/aromatic N) is 2. The lowest BCUT2D eigenvalue weighted by Crippen LogP contribution is -2.45. The fourth-order valence-electron chi connectivity index (χ4n) is 1.04. The zero-order valence-corrected chi connectivity index (χ0v) is 9.91. The molecule has 6 heteroatoms. The van der Waals surface area contributed by atoms with E-state index in [-0.39, 0.29) is 24.8 Å². The zero-order valence-electron chi connectivity index (χ0n) is 9.91. The summed E-state index contributed by atoms with van der Waals surface area (Å²) in [6, 6.07) is 1.53. The Hall–Kier alpha value is -1.61. The minimum atomic E-state index is -0.392. The third-order valence-electron chi connectivity index (χ3n) is 1.94. The van der Waals surface area contributed by atoms with Crippen LogP contribution in [0.1, 0.15) is 13.3 Å². The van der Waals surface area contributed by atoms with E-state index in [2.05, 4.69) is 10.6 Å². The molecule has 0 radical (unpaired) electrons. The van der Waals surface area contributed by atoms with Gasteiger partial charge in [0.15, 0.2) is 0 Å². The summed E-state index contributed by atoms with van der Waals surface area (Å²) in [6.45, 7) is 2.12. The van der Waals surface area contributed by atoms with Crippen LogP contribution < -0.4 is 10.6 Å². The molecule has 6 nitrogen and oxygen atoms in total. The van der Waals surface area contributed by atoms with Crippen molar-refractivity contribution in [2.75, 3.05) is 27.2 Å². The Morgan fingerprint density at radius 3 is 2.56 bits per heavy atom. The van der Waals surface area contributed by atoms with E-state index in [4.69, 9.17) is 5.26 Å². The molecule has 0 aliphatic heterocycles. The van der Waals surface area contributed by atoms with Gasteiger partial charge in [0.2, 0.25) is 11.8 Å². The maximum atomic E-state index is 11.4. The molecule has 0 fully saturated rings. The smallest absolute Gasteiger partial charge is 0.238 e. The topological polar surface area (TPSA) is 85.2 Å². The number of nitrogens with one attached hydrogen (secondary N) is 2. The van der Waals surface area contributed by atoms with E-state index in [0.717, 1.165) is 0 Å². The number of hydrogen-bond donors (Lipinski definition) is 2. The van der Waals surface area contributed by atoms with Crippen LogP contribution in [0, 0.1) is 11.3 Å². The van der Waals surface area contributed by atoms with E-state index in [1.165, 1.54) is 4.90 Å². The summed E-state index contributed by atoms with van der Waals surface area (Å²) in [6.07, 6.45) is 0.290. The molecule has 0 aliphatic rings. The highest BCUT2D eigenvalue weighted by Crippen LogP contribution is 1.87. The highest BCUT2D eigenvalue weighted by atomic mass is 16.2. The van der Waals surface area contributed by atoms with Crippen LogP contribution in [-0.2, 0) is 9.59 Å². The number of amides is 2. The number of carbonyl (C=O) groups excluding carboxylic acids is 2. The van der Waals surface area contributed by atoms with Crippen LogP contribution in [0.2, 0.25) is 0 Å². The molecule has 0 rings (SSSR count). The van der Waals surface area contributed by atoms with Gasteiger partial charge in [-0.15, -0.1) is 0 Å². The summed E-state index contributed by atoms with van der Waals surface area (Å²) in [5.74, 6) is -0.293.